The highest BCUT2D eigenvalue weighted by atomic mass is 127. The van der Waals surface area contributed by atoms with E-state index in [1.165, 1.54) is 16.3 Å². The summed E-state index contributed by atoms with van der Waals surface area (Å²) in [7, 11) is 0. The Morgan fingerprint density at radius 2 is 1.95 bits per heavy atom. The Labute approximate surface area is 132 Å². The summed E-state index contributed by atoms with van der Waals surface area (Å²) in [5.41, 5.74) is 2.17. The Balaban J connectivity index is 2.90. The average Bonchev–Trinajstić information content (AvgIpc) is 2.34. The van der Waals surface area contributed by atoms with Crippen LogP contribution in [0.1, 0.15) is 20.8 Å². The van der Waals surface area contributed by atoms with Gasteiger partial charge in [-0.3, -0.25) is 0 Å². The minimum absolute atomic E-state index is 0.429. The Morgan fingerprint density at radius 3 is 2.42 bits per heavy atom. The highest BCUT2D eigenvalue weighted by molar-refractivity contribution is 14.1. The second kappa shape index (κ2) is 7.03. The van der Waals surface area contributed by atoms with Crippen LogP contribution in [0, 0.1) is 0 Å². The van der Waals surface area contributed by atoms with Crippen molar-refractivity contribution in [1.29, 1.82) is 0 Å². The van der Waals surface area contributed by atoms with E-state index >= 15 is 0 Å². The zero-order valence-corrected chi connectivity index (χ0v) is 14.1. The van der Waals surface area contributed by atoms with Crippen LogP contribution in [0.15, 0.2) is 51.2 Å². The van der Waals surface area contributed by atoms with Gasteiger partial charge in [0.25, 0.3) is 0 Å². The molecule has 0 aliphatic heterocycles. The smallest absolute Gasteiger partial charge is 0.426 e. The minimum Gasteiger partial charge on any atom is -0.443 e. The first-order valence-electron chi connectivity index (χ1n) is 5.65. The van der Waals surface area contributed by atoms with E-state index in [2.05, 4.69) is 12.3 Å². The Kier molecular flexibility index (Phi) is 5.97. The molecule has 0 unspecified atom stereocenters. The summed E-state index contributed by atoms with van der Waals surface area (Å²) in [6.07, 6.45) is -0.429. The Bertz CT molecular complexity index is 490. The summed E-state index contributed by atoms with van der Waals surface area (Å²) in [6.45, 7) is 9.07. The lowest BCUT2D eigenvalue weighted by Crippen LogP contribution is -2.31. The molecule has 0 saturated carbocycles. The zero-order valence-electron chi connectivity index (χ0n) is 11.1. The molecule has 0 atom stereocenters. The van der Waals surface area contributed by atoms with Gasteiger partial charge in [0.1, 0.15) is 9.30 Å². The van der Waals surface area contributed by atoms with Gasteiger partial charge < -0.3 is 4.74 Å². The molecule has 0 aliphatic rings. The predicted molar refractivity (Wildman–Crippen MR) is 87.0 cm³/mol. The first-order valence-corrected chi connectivity index (χ1v) is 7.50. The van der Waals surface area contributed by atoms with E-state index < -0.39 is 11.7 Å². The van der Waals surface area contributed by atoms with Gasteiger partial charge in [0.2, 0.25) is 0 Å². The highest BCUT2D eigenvalue weighted by Gasteiger charge is 2.25. The Morgan fingerprint density at radius 1 is 1.37 bits per heavy atom. The lowest BCUT2D eigenvalue weighted by molar-refractivity contribution is 0.0452. The number of carbonyl (C=O) groups excluding carboxylic acids is 1. The van der Waals surface area contributed by atoms with Crippen LogP contribution >= 0.6 is 34.5 Å². The molecule has 0 aromatic heterocycles. The summed E-state index contributed by atoms with van der Waals surface area (Å²) in [4.78, 5) is 13.1. The molecule has 3 nitrogen and oxygen atoms in total. The first kappa shape index (κ1) is 16.1. The maximum atomic E-state index is 12.2. The standard InChI is InChI=1S/C14H16INO2S/c1-5-12(15)16(13(17)18-14(2,3)4)19-11-9-7-6-8-10-11/h6-10H,1H2,2-4H3. The van der Waals surface area contributed by atoms with Crippen LogP contribution in [-0.2, 0) is 4.74 Å². The quantitative estimate of drug-likeness (QED) is 0.316. The fourth-order valence-corrected chi connectivity index (χ4v) is 2.36. The van der Waals surface area contributed by atoms with E-state index in [-0.39, 0.29) is 0 Å². The largest absolute Gasteiger partial charge is 0.443 e. The third-order valence-electron chi connectivity index (χ3n) is 1.82. The average molecular weight is 389 g/mol. The van der Waals surface area contributed by atoms with Crippen LogP contribution in [0.3, 0.4) is 0 Å². The highest BCUT2D eigenvalue weighted by Crippen LogP contribution is 2.30. The van der Waals surface area contributed by atoms with Crippen LogP contribution in [0.25, 0.3) is 0 Å². The number of carbonyl (C=O) groups is 1. The molecule has 0 heterocycles. The van der Waals surface area contributed by atoms with Gasteiger partial charge in [0, 0.05) is 4.90 Å². The molecule has 19 heavy (non-hydrogen) atoms. The summed E-state index contributed by atoms with van der Waals surface area (Å²) in [5.74, 6) is 0. The first-order chi connectivity index (χ1) is 8.83. The van der Waals surface area contributed by atoms with Gasteiger partial charge in [-0.1, -0.05) is 30.5 Å². The van der Waals surface area contributed by atoms with Crippen molar-refractivity contribution in [2.45, 2.75) is 31.3 Å². The molecule has 0 N–H and O–H groups in total. The molecule has 0 radical (unpaired) electrons. The van der Waals surface area contributed by atoms with Gasteiger partial charge in [-0.15, -0.1) is 0 Å². The van der Waals surface area contributed by atoms with Gasteiger partial charge >= 0.3 is 6.09 Å². The summed E-state index contributed by atoms with van der Waals surface area (Å²) in [6, 6.07) is 9.61. The van der Waals surface area contributed by atoms with E-state index in [1.54, 1.807) is 0 Å². The molecule has 0 aliphatic carbocycles. The van der Waals surface area contributed by atoms with E-state index in [4.69, 9.17) is 4.74 Å². The molecule has 102 valence electrons. The van der Waals surface area contributed by atoms with Crippen LogP contribution < -0.4 is 0 Å². The lowest BCUT2D eigenvalue weighted by atomic mass is 10.2. The maximum Gasteiger partial charge on any atom is 0.426 e. The molecule has 1 aromatic carbocycles. The van der Waals surface area contributed by atoms with E-state index in [1.807, 2.05) is 73.7 Å². The van der Waals surface area contributed by atoms with Crippen LogP contribution in [0.2, 0.25) is 0 Å². The number of hydrogen-bond acceptors (Lipinski definition) is 3. The van der Waals surface area contributed by atoms with E-state index in [0.29, 0.717) is 3.70 Å². The van der Waals surface area contributed by atoms with E-state index in [9.17, 15) is 4.79 Å². The fraction of sp³-hybridized carbons (Fsp3) is 0.286. The SMILES string of the molecule is C=C=C(I)N(Sc1ccccc1)C(=O)OC(C)(C)C. The zero-order chi connectivity index (χ0) is 14.5. The number of amides is 1. The monoisotopic (exact) mass is 389 g/mol. The van der Waals surface area contributed by atoms with Crippen molar-refractivity contribution < 1.29 is 9.53 Å². The number of rotatable bonds is 3. The molecular formula is C14H16INO2S. The van der Waals surface area contributed by atoms with Crippen molar-refractivity contribution in [3.8, 4) is 0 Å². The number of nitrogens with zero attached hydrogens (tertiary/aromatic N) is 1. The molecule has 0 spiro atoms. The summed E-state index contributed by atoms with van der Waals surface area (Å²) < 4.78 is 7.39. The van der Waals surface area contributed by atoms with Gasteiger partial charge in [-0.25, -0.2) is 9.10 Å². The molecule has 0 bridgehead atoms. The molecule has 1 amide bonds. The number of halogens is 1. The molecular weight excluding hydrogens is 373 g/mol. The van der Waals surface area contributed by atoms with Gasteiger partial charge in [-0.2, -0.15) is 0 Å². The number of benzene rings is 1. The van der Waals surface area contributed by atoms with Gasteiger partial charge in [0.15, 0.2) is 0 Å². The van der Waals surface area contributed by atoms with Gasteiger partial charge in [0.05, 0.1) is 0 Å². The van der Waals surface area contributed by atoms with Crippen LogP contribution in [-0.4, -0.2) is 16.0 Å². The van der Waals surface area contributed by atoms with Crippen molar-refractivity contribution in [3.05, 3.63) is 46.3 Å². The predicted octanol–water partition coefficient (Wildman–Crippen LogP) is 4.99. The normalized spacial score (nSPS) is 10.5. The number of ether oxygens (including phenoxy) is 1. The molecule has 1 aromatic rings. The second-order valence-electron chi connectivity index (χ2n) is 4.65. The number of hydrogen-bond donors (Lipinski definition) is 0. The molecule has 5 heteroatoms. The molecule has 1 rings (SSSR count). The third-order valence-corrected chi connectivity index (χ3v) is 4.01. The Hall–Kier alpha value is -0.910. The molecule has 0 fully saturated rings. The van der Waals surface area contributed by atoms with Crippen LogP contribution in [0.5, 0.6) is 0 Å². The van der Waals surface area contributed by atoms with E-state index in [0.717, 1.165) is 4.90 Å². The minimum atomic E-state index is -0.537. The third kappa shape index (κ3) is 5.72. The van der Waals surface area contributed by atoms with Crippen LogP contribution in [0.4, 0.5) is 4.79 Å². The van der Waals surface area contributed by atoms with Crippen molar-refractivity contribution in [2.24, 2.45) is 0 Å². The van der Waals surface area contributed by atoms with Crippen molar-refractivity contribution in [2.75, 3.05) is 0 Å². The van der Waals surface area contributed by atoms with Crippen molar-refractivity contribution >= 4 is 40.6 Å². The van der Waals surface area contributed by atoms with Crippen molar-refractivity contribution in [1.82, 2.24) is 4.31 Å². The fourth-order valence-electron chi connectivity index (χ4n) is 1.12. The lowest BCUT2D eigenvalue weighted by Gasteiger charge is -2.25. The second-order valence-corrected chi connectivity index (χ2v) is 6.69. The maximum absolute atomic E-state index is 12.2. The van der Waals surface area contributed by atoms with Crippen molar-refractivity contribution in [3.63, 3.8) is 0 Å². The summed E-state index contributed by atoms with van der Waals surface area (Å²) in [5, 5.41) is 0. The van der Waals surface area contributed by atoms with Gasteiger partial charge in [-0.05, 0) is 67.4 Å². The summed E-state index contributed by atoms with van der Waals surface area (Å²) >= 11 is 3.29. The topological polar surface area (TPSA) is 29.5 Å². The molecule has 0 saturated heterocycles.